The number of hydrogen-bond acceptors (Lipinski definition) is 6. The average Bonchev–Trinajstić information content (AvgIpc) is 2.63. The number of rotatable bonds is 18. The van der Waals surface area contributed by atoms with E-state index in [1.807, 2.05) is 0 Å². The summed E-state index contributed by atoms with van der Waals surface area (Å²) in [6.45, 7) is 2.39. The van der Waals surface area contributed by atoms with Crippen LogP contribution in [0.2, 0.25) is 0 Å². The minimum atomic E-state index is -4.06. The summed E-state index contributed by atoms with van der Waals surface area (Å²) in [4.78, 5) is 22.8. The molecule has 0 aromatic heterocycles. The zero-order valence-corrected chi connectivity index (χ0v) is 20.9. The predicted octanol–water partition coefficient (Wildman–Crippen LogP) is 3.84. The molecular weight excluding hydrogens is 407 g/mol. The Labute approximate surface area is 198 Å². The van der Waals surface area contributed by atoms with E-state index in [1.165, 1.54) is 51.4 Å². The zero-order valence-electron chi connectivity index (χ0n) is 18.1. The third-order valence-corrected chi connectivity index (χ3v) is 4.94. The first-order valence-corrected chi connectivity index (χ1v) is 11.9. The van der Waals surface area contributed by atoms with Crippen molar-refractivity contribution in [1.82, 2.24) is 0 Å². The van der Waals surface area contributed by atoms with Crippen molar-refractivity contribution in [2.24, 2.45) is 0 Å². The smallest absolute Gasteiger partial charge is 0.331 e. The van der Waals surface area contributed by atoms with Gasteiger partial charge in [-0.25, -0.2) is 9.59 Å². The third-order valence-electron chi connectivity index (χ3n) is 4.14. The van der Waals surface area contributed by atoms with Gasteiger partial charge in [-0.15, -0.1) is 0 Å². The SMILES string of the molecule is CCCCCCCCCCCCCOC(=O)/C=C\C(=O)OCCCS(=O)(=O)O.[Na]. The fourth-order valence-corrected chi connectivity index (χ4v) is 3.07. The molecule has 0 aromatic rings. The molecule has 7 nitrogen and oxygen atoms in total. The van der Waals surface area contributed by atoms with Gasteiger partial charge in [-0.1, -0.05) is 71.1 Å². The molecule has 0 rings (SSSR count). The van der Waals surface area contributed by atoms with Gasteiger partial charge in [-0.05, 0) is 12.8 Å². The number of esters is 2. The molecule has 0 fully saturated rings. The minimum Gasteiger partial charge on any atom is -0.463 e. The standard InChI is InChI=1S/C20H36O7S.Na/c1-2-3-4-5-6-7-8-9-10-11-12-16-26-19(21)14-15-20(22)27-17-13-18-28(23,24)25;/h14-15H,2-13,16-18H2,1H3,(H,23,24,25);/b15-14-;. The van der Waals surface area contributed by atoms with Crippen LogP contribution < -0.4 is 0 Å². The van der Waals surface area contributed by atoms with Crippen LogP contribution in [-0.4, -0.2) is 73.4 Å². The van der Waals surface area contributed by atoms with Crippen molar-refractivity contribution >= 4 is 51.6 Å². The van der Waals surface area contributed by atoms with Gasteiger partial charge in [0.05, 0.1) is 19.0 Å². The van der Waals surface area contributed by atoms with Gasteiger partial charge in [0, 0.05) is 41.7 Å². The molecular formula is C20H36NaO7S. The summed E-state index contributed by atoms with van der Waals surface area (Å²) in [6, 6.07) is 0. The molecule has 29 heavy (non-hydrogen) atoms. The molecule has 0 aliphatic rings. The van der Waals surface area contributed by atoms with E-state index < -0.39 is 27.8 Å². The van der Waals surface area contributed by atoms with Crippen LogP contribution in [0.3, 0.4) is 0 Å². The van der Waals surface area contributed by atoms with Crippen LogP contribution in [0.5, 0.6) is 0 Å². The average molecular weight is 444 g/mol. The second-order valence-electron chi connectivity index (χ2n) is 6.84. The van der Waals surface area contributed by atoms with Crippen LogP contribution >= 0.6 is 0 Å². The van der Waals surface area contributed by atoms with Crippen molar-refractivity contribution in [3.63, 3.8) is 0 Å². The zero-order chi connectivity index (χ0) is 21.1. The normalized spacial score (nSPS) is 11.2. The summed E-state index contributed by atoms with van der Waals surface area (Å²) in [7, 11) is -4.06. The molecule has 0 spiro atoms. The Bertz CT molecular complexity index is 547. The van der Waals surface area contributed by atoms with Gasteiger partial charge in [0.15, 0.2) is 0 Å². The summed E-state index contributed by atoms with van der Waals surface area (Å²) >= 11 is 0. The first-order valence-electron chi connectivity index (χ1n) is 10.3. The van der Waals surface area contributed by atoms with Crippen molar-refractivity contribution in [3.8, 4) is 0 Å². The Morgan fingerprint density at radius 3 is 1.52 bits per heavy atom. The Kier molecular flexibility index (Phi) is 22.1. The van der Waals surface area contributed by atoms with E-state index in [9.17, 15) is 18.0 Å². The number of hydrogen-bond donors (Lipinski definition) is 1. The molecule has 0 unspecified atom stereocenters. The summed E-state index contributed by atoms with van der Waals surface area (Å²) in [5.41, 5.74) is 0. The molecule has 0 saturated heterocycles. The van der Waals surface area contributed by atoms with Gasteiger partial charge in [0.2, 0.25) is 0 Å². The Morgan fingerprint density at radius 1 is 0.724 bits per heavy atom. The second-order valence-corrected chi connectivity index (χ2v) is 8.42. The quantitative estimate of drug-likeness (QED) is 0.113. The summed E-state index contributed by atoms with van der Waals surface area (Å²) in [5.74, 6) is -1.85. The van der Waals surface area contributed by atoms with Gasteiger partial charge in [0.25, 0.3) is 10.1 Å². The van der Waals surface area contributed by atoms with E-state index in [4.69, 9.17) is 14.0 Å². The first kappa shape index (κ1) is 30.8. The number of carbonyl (C=O) groups is 2. The Balaban J connectivity index is 0. The topological polar surface area (TPSA) is 107 Å². The van der Waals surface area contributed by atoms with Crippen LogP contribution in [0, 0.1) is 0 Å². The largest absolute Gasteiger partial charge is 0.463 e. The van der Waals surface area contributed by atoms with Crippen molar-refractivity contribution in [2.75, 3.05) is 19.0 Å². The van der Waals surface area contributed by atoms with Crippen molar-refractivity contribution < 1.29 is 32.0 Å². The molecule has 0 aliphatic heterocycles. The maximum absolute atomic E-state index is 11.5. The molecule has 0 aromatic carbocycles. The number of carbonyl (C=O) groups excluding carboxylic acids is 2. The van der Waals surface area contributed by atoms with Gasteiger partial charge in [0.1, 0.15) is 0 Å². The molecule has 0 bridgehead atoms. The third kappa shape index (κ3) is 25.6. The van der Waals surface area contributed by atoms with E-state index in [0.717, 1.165) is 31.4 Å². The van der Waals surface area contributed by atoms with Crippen LogP contribution in [0.1, 0.15) is 84.0 Å². The van der Waals surface area contributed by atoms with Gasteiger partial charge in [-0.2, -0.15) is 8.42 Å². The maximum Gasteiger partial charge on any atom is 0.331 e. The summed E-state index contributed by atoms with van der Waals surface area (Å²) in [5, 5.41) is 0. The fourth-order valence-electron chi connectivity index (χ4n) is 2.59. The molecule has 0 aliphatic carbocycles. The van der Waals surface area contributed by atoms with E-state index in [0.29, 0.717) is 6.61 Å². The molecule has 0 saturated carbocycles. The molecule has 9 heteroatoms. The summed E-state index contributed by atoms with van der Waals surface area (Å²) < 4.78 is 39.2. The second kappa shape index (κ2) is 20.8. The molecule has 0 atom stereocenters. The number of ether oxygens (including phenoxy) is 2. The van der Waals surface area contributed by atoms with Gasteiger partial charge >= 0.3 is 11.9 Å². The van der Waals surface area contributed by atoms with Gasteiger partial charge < -0.3 is 9.47 Å². The first-order chi connectivity index (χ1) is 13.3. The van der Waals surface area contributed by atoms with Gasteiger partial charge in [-0.3, -0.25) is 4.55 Å². The Morgan fingerprint density at radius 2 is 1.10 bits per heavy atom. The van der Waals surface area contributed by atoms with Crippen molar-refractivity contribution in [1.29, 1.82) is 0 Å². The van der Waals surface area contributed by atoms with Crippen LogP contribution in [0.4, 0.5) is 0 Å². The van der Waals surface area contributed by atoms with E-state index in [2.05, 4.69) is 6.92 Å². The van der Waals surface area contributed by atoms with E-state index >= 15 is 0 Å². The molecule has 165 valence electrons. The predicted molar refractivity (Wildman–Crippen MR) is 114 cm³/mol. The molecule has 0 heterocycles. The van der Waals surface area contributed by atoms with Crippen molar-refractivity contribution in [2.45, 2.75) is 84.0 Å². The monoisotopic (exact) mass is 443 g/mol. The van der Waals surface area contributed by atoms with Crippen LogP contribution in [-0.2, 0) is 29.2 Å². The number of unbranched alkanes of at least 4 members (excludes halogenated alkanes) is 10. The Hall–Kier alpha value is -0.410. The van der Waals surface area contributed by atoms with Crippen molar-refractivity contribution in [3.05, 3.63) is 12.2 Å². The molecule has 1 N–H and O–H groups in total. The van der Waals surface area contributed by atoms with Crippen LogP contribution in [0.25, 0.3) is 0 Å². The minimum absolute atomic E-state index is 0. The van der Waals surface area contributed by atoms with Crippen LogP contribution in [0.15, 0.2) is 12.2 Å². The van der Waals surface area contributed by atoms with E-state index in [-0.39, 0.29) is 42.6 Å². The van der Waals surface area contributed by atoms with E-state index in [1.54, 1.807) is 0 Å². The fraction of sp³-hybridized carbons (Fsp3) is 0.800. The molecule has 0 amide bonds. The summed E-state index contributed by atoms with van der Waals surface area (Å²) in [6.07, 6.45) is 15.3. The maximum atomic E-state index is 11.5. The molecule has 1 radical (unpaired) electrons.